The predicted octanol–water partition coefficient (Wildman–Crippen LogP) is 4.52. The van der Waals surface area contributed by atoms with Crippen LogP contribution in [0.1, 0.15) is 77.6 Å². The van der Waals surface area contributed by atoms with E-state index in [4.69, 9.17) is 0 Å². The van der Waals surface area contributed by atoms with Crippen molar-refractivity contribution in [2.45, 2.75) is 83.6 Å². The minimum atomic E-state index is 0.848. The highest BCUT2D eigenvalue weighted by molar-refractivity contribution is 4.76. The smallest absolute Gasteiger partial charge is 0.00672 e. The van der Waals surface area contributed by atoms with Crippen LogP contribution < -0.4 is 5.32 Å². The van der Waals surface area contributed by atoms with Crippen molar-refractivity contribution in [3.63, 3.8) is 0 Å². The predicted molar refractivity (Wildman–Crippen MR) is 75.2 cm³/mol. The Morgan fingerprint density at radius 3 is 2.24 bits per heavy atom. The molecule has 0 unspecified atom stereocenters. The summed E-state index contributed by atoms with van der Waals surface area (Å²) in [4.78, 5) is 0. The Morgan fingerprint density at radius 2 is 1.59 bits per heavy atom. The third-order valence-corrected chi connectivity index (χ3v) is 5.12. The molecule has 1 nitrogen and oxygen atoms in total. The average Bonchev–Trinajstić information content (AvgIpc) is 2.88. The maximum atomic E-state index is 3.79. The molecule has 1 N–H and O–H groups in total. The molecule has 0 atom stereocenters. The third-order valence-electron chi connectivity index (χ3n) is 5.12. The standard InChI is InChI=1S/C16H31N/c1-2-14-9-11-16(12-10-14)17-13-5-8-15-6-3-4-7-15/h14-17H,2-13H2,1H3. The van der Waals surface area contributed by atoms with Crippen molar-refractivity contribution in [3.05, 3.63) is 0 Å². The van der Waals surface area contributed by atoms with Gasteiger partial charge in [0.05, 0.1) is 0 Å². The summed E-state index contributed by atoms with van der Waals surface area (Å²) in [6.45, 7) is 3.62. The molecule has 2 saturated carbocycles. The van der Waals surface area contributed by atoms with Crippen molar-refractivity contribution in [3.8, 4) is 0 Å². The van der Waals surface area contributed by atoms with E-state index >= 15 is 0 Å². The summed E-state index contributed by atoms with van der Waals surface area (Å²) in [5.74, 6) is 2.11. The lowest BCUT2D eigenvalue weighted by molar-refractivity contribution is 0.284. The molecule has 2 rings (SSSR count). The molecular formula is C16H31N. The quantitative estimate of drug-likeness (QED) is 0.670. The van der Waals surface area contributed by atoms with Crippen molar-refractivity contribution >= 4 is 0 Å². The molecule has 0 saturated heterocycles. The van der Waals surface area contributed by atoms with E-state index < -0.39 is 0 Å². The van der Waals surface area contributed by atoms with E-state index in [2.05, 4.69) is 12.2 Å². The topological polar surface area (TPSA) is 12.0 Å². The minimum absolute atomic E-state index is 0.848. The lowest BCUT2D eigenvalue weighted by Crippen LogP contribution is -2.33. The molecule has 17 heavy (non-hydrogen) atoms. The number of rotatable bonds is 6. The maximum Gasteiger partial charge on any atom is 0.00672 e. The summed E-state index contributed by atoms with van der Waals surface area (Å²) in [5, 5.41) is 3.79. The highest BCUT2D eigenvalue weighted by Gasteiger charge is 2.19. The summed E-state index contributed by atoms with van der Waals surface area (Å²) in [5.41, 5.74) is 0. The summed E-state index contributed by atoms with van der Waals surface area (Å²) >= 11 is 0. The van der Waals surface area contributed by atoms with Crippen LogP contribution in [0.15, 0.2) is 0 Å². The zero-order valence-corrected chi connectivity index (χ0v) is 11.7. The Kier molecular flexibility index (Phi) is 5.84. The van der Waals surface area contributed by atoms with Crippen LogP contribution in [-0.4, -0.2) is 12.6 Å². The molecule has 1 heteroatoms. The average molecular weight is 237 g/mol. The molecule has 0 aromatic carbocycles. The van der Waals surface area contributed by atoms with Crippen LogP contribution in [-0.2, 0) is 0 Å². The van der Waals surface area contributed by atoms with Crippen molar-refractivity contribution in [2.75, 3.05) is 6.54 Å². The van der Waals surface area contributed by atoms with E-state index in [9.17, 15) is 0 Å². The molecule has 0 aromatic heterocycles. The van der Waals surface area contributed by atoms with Crippen LogP contribution >= 0.6 is 0 Å². The van der Waals surface area contributed by atoms with Gasteiger partial charge in [-0.25, -0.2) is 0 Å². The molecular weight excluding hydrogens is 206 g/mol. The molecule has 100 valence electrons. The van der Waals surface area contributed by atoms with Gasteiger partial charge < -0.3 is 5.32 Å². The number of nitrogens with one attached hydrogen (secondary N) is 1. The van der Waals surface area contributed by atoms with Gasteiger partial charge in [0.25, 0.3) is 0 Å². The van der Waals surface area contributed by atoms with E-state index in [0.717, 1.165) is 17.9 Å². The van der Waals surface area contributed by atoms with Gasteiger partial charge in [0.15, 0.2) is 0 Å². The van der Waals surface area contributed by atoms with Crippen molar-refractivity contribution in [1.82, 2.24) is 5.32 Å². The van der Waals surface area contributed by atoms with E-state index in [-0.39, 0.29) is 0 Å². The van der Waals surface area contributed by atoms with E-state index in [0.29, 0.717) is 0 Å². The van der Waals surface area contributed by atoms with Crippen molar-refractivity contribution in [1.29, 1.82) is 0 Å². The Bertz CT molecular complexity index is 188. The third kappa shape index (κ3) is 4.62. The largest absolute Gasteiger partial charge is 0.314 e. The molecule has 0 spiro atoms. The molecule has 0 heterocycles. The van der Waals surface area contributed by atoms with E-state index in [1.165, 1.54) is 77.2 Å². The Morgan fingerprint density at radius 1 is 0.882 bits per heavy atom. The normalized spacial score (nSPS) is 30.9. The fraction of sp³-hybridized carbons (Fsp3) is 1.00. The minimum Gasteiger partial charge on any atom is -0.314 e. The SMILES string of the molecule is CCC1CCC(NCCCC2CCCC2)CC1. The Hall–Kier alpha value is -0.0400. The first-order valence-electron chi connectivity index (χ1n) is 8.12. The van der Waals surface area contributed by atoms with Gasteiger partial charge in [0.2, 0.25) is 0 Å². The zero-order chi connectivity index (χ0) is 11.9. The molecule has 0 amide bonds. The van der Waals surface area contributed by atoms with Crippen LogP contribution in [0.2, 0.25) is 0 Å². The summed E-state index contributed by atoms with van der Waals surface area (Å²) in [6.07, 6.45) is 16.1. The fourth-order valence-corrected chi connectivity index (χ4v) is 3.77. The van der Waals surface area contributed by atoms with Crippen LogP contribution in [0.25, 0.3) is 0 Å². The van der Waals surface area contributed by atoms with Gasteiger partial charge in [-0.3, -0.25) is 0 Å². The second-order valence-corrected chi connectivity index (χ2v) is 6.37. The van der Waals surface area contributed by atoms with Gasteiger partial charge in [-0.1, -0.05) is 39.0 Å². The van der Waals surface area contributed by atoms with Gasteiger partial charge in [0, 0.05) is 6.04 Å². The number of hydrogen-bond acceptors (Lipinski definition) is 1. The first-order chi connectivity index (χ1) is 8.38. The van der Waals surface area contributed by atoms with Gasteiger partial charge in [-0.15, -0.1) is 0 Å². The highest BCUT2D eigenvalue weighted by Crippen LogP contribution is 2.29. The Balaban J connectivity index is 1.48. The highest BCUT2D eigenvalue weighted by atomic mass is 14.9. The molecule has 0 aromatic rings. The summed E-state index contributed by atoms with van der Waals surface area (Å²) in [7, 11) is 0. The molecule has 2 fully saturated rings. The van der Waals surface area contributed by atoms with Crippen LogP contribution in [0.4, 0.5) is 0 Å². The first kappa shape index (κ1) is 13.4. The molecule has 0 aliphatic heterocycles. The van der Waals surface area contributed by atoms with Crippen LogP contribution in [0.3, 0.4) is 0 Å². The monoisotopic (exact) mass is 237 g/mol. The maximum absolute atomic E-state index is 3.79. The molecule has 2 aliphatic carbocycles. The molecule has 2 aliphatic rings. The second kappa shape index (κ2) is 7.41. The lowest BCUT2D eigenvalue weighted by Gasteiger charge is -2.28. The van der Waals surface area contributed by atoms with Gasteiger partial charge in [0.1, 0.15) is 0 Å². The summed E-state index contributed by atoms with van der Waals surface area (Å²) < 4.78 is 0. The van der Waals surface area contributed by atoms with E-state index in [1.54, 1.807) is 0 Å². The van der Waals surface area contributed by atoms with Gasteiger partial charge in [-0.2, -0.15) is 0 Å². The summed E-state index contributed by atoms with van der Waals surface area (Å²) in [6, 6.07) is 0.848. The second-order valence-electron chi connectivity index (χ2n) is 6.37. The lowest BCUT2D eigenvalue weighted by atomic mass is 9.84. The van der Waals surface area contributed by atoms with Crippen LogP contribution in [0.5, 0.6) is 0 Å². The molecule has 0 bridgehead atoms. The van der Waals surface area contributed by atoms with Crippen molar-refractivity contribution < 1.29 is 0 Å². The van der Waals surface area contributed by atoms with Crippen molar-refractivity contribution in [2.24, 2.45) is 11.8 Å². The van der Waals surface area contributed by atoms with Gasteiger partial charge in [-0.05, 0) is 56.9 Å². The van der Waals surface area contributed by atoms with Gasteiger partial charge >= 0.3 is 0 Å². The van der Waals surface area contributed by atoms with Crippen LogP contribution in [0, 0.1) is 11.8 Å². The number of hydrogen-bond donors (Lipinski definition) is 1. The fourth-order valence-electron chi connectivity index (χ4n) is 3.77. The molecule has 0 radical (unpaired) electrons. The zero-order valence-electron chi connectivity index (χ0n) is 11.7. The Labute approximate surface area is 108 Å². The first-order valence-corrected chi connectivity index (χ1v) is 8.12. The van der Waals surface area contributed by atoms with E-state index in [1.807, 2.05) is 0 Å².